The van der Waals surface area contributed by atoms with Crippen LogP contribution in [-0.4, -0.2) is 54.0 Å². The summed E-state index contributed by atoms with van der Waals surface area (Å²) in [6.07, 6.45) is 5.14. The highest BCUT2D eigenvalue weighted by molar-refractivity contribution is 5.89. The lowest BCUT2D eigenvalue weighted by Gasteiger charge is -2.45. The number of aromatic nitrogens is 2. The standard InChI is InChI=1S/C27H31F2N5O3/c1-36-23-6-3-17(13-24(23)37-2)27-9-7-19(32-26(35)31-18-4-5-21(28)22(29)14-18)15-25(27)34(12-10-27)16-20-8-11-30-33-20/h3-6,8,11,13-14,19,25H,7,9-10,12,15-16H2,1-2H3,(H,30,33)(H2,31,32,35)/t19-,25+,27-/m0/s1. The number of urea groups is 1. The molecule has 0 unspecified atom stereocenters. The molecule has 196 valence electrons. The topological polar surface area (TPSA) is 91.5 Å². The van der Waals surface area contributed by atoms with Crippen molar-refractivity contribution >= 4 is 11.7 Å². The maximum atomic E-state index is 13.6. The largest absolute Gasteiger partial charge is 0.493 e. The first kappa shape index (κ1) is 25.0. The molecule has 3 aromatic rings. The van der Waals surface area contributed by atoms with E-state index in [0.29, 0.717) is 11.5 Å². The van der Waals surface area contributed by atoms with Crippen LogP contribution in [0.5, 0.6) is 11.5 Å². The number of rotatable bonds is 7. The number of halogens is 2. The van der Waals surface area contributed by atoms with Crippen molar-refractivity contribution in [1.29, 1.82) is 0 Å². The van der Waals surface area contributed by atoms with Gasteiger partial charge < -0.3 is 20.1 Å². The fourth-order valence-electron chi connectivity index (χ4n) is 5.97. The summed E-state index contributed by atoms with van der Waals surface area (Å²) >= 11 is 0. The highest BCUT2D eigenvalue weighted by Gasteiger charge is 2.51. The molecule has 10 heteroatoms. The Balaban J connectivity index is 1.36. The summed E-state index contributed by atoms with van der Waals surface area (Å²) in [5.41, 5.74) is 2.34. The van der Waals surface area contributed by atoms with Gasteiger partial charge in [0.25, 0.3) is 0 Å². The van der Waals surface area contributed by atoms with Crippen LogP contribution in [0.2, 0.25) is 0 Å². The molecular weight excluding hydrogens is 480 g/mol. The van der Waals surface area contributed by atoms with E-state index in [0.717, 1.165) is 56.6 Å². The molecule has 1 saturated carbocycles. The molecule has 1 aliphatic heterocycles. The normalized spacial score (nSPS) is 23.4. The predicted molar refractivity (Wildman–Crippen MR) is 135 cm³/mol. The van der Waals surface area contributed by atoms with E-state index >= 15 is 0 Å². The second-order valence-electron chi connectivity index (χ2n) is 9.74. The maximum Gasteiger partial charge on any atom is 0.319 e. The molecule has 2 aromatic carbocycles. The smallest absolute Gasteiger partial charge is 0.319 e. The monoisotopic (exact) mass is 511 g/mol. The van der Waals surface area contributed by atoms with Crippen LogP contribution in [0.1, 0.15) is 36.9 Å². The zero-order valence-electron chi connectivity index (χ0n) is 20.9. The minimum absolute atomic E-state index is 0.0778. The number of hydrogen-bond acceptors (Lipinski definition) is 5. The van der Waals surface area contributed by atoms with Gasteiger partial charge in [0.15, 0.2) is 23.1 Å². The molecule has 2 fully saturated rings. The molecule has 1 saturated heterocycles. The number of carbonyl (C=O) groups is 1. The van der Waals surface area contributed by atoms with E-state index in [1.165, 1.54) is 11.6 Å². The molecule has 37 heavy (non-hydrogen) atoms. The number of amides is 2. The van der Waals surface area contributed by atoms with Crippen molar-refractivity contribution in [2.45, 2.75) is 49.7 Å². The molecule has 2 amide bonds. The molecule has 1 aromatic heterocycles. The Labute approximate surface area is 214 Å². The van der Waals surface area contributed by atoms with Gasteiger partial charge in [0.2, 0.25) is 0 Å². The number of carbonyl (C=O) groups excluding carboxylic acids is 1. The van der Waals surface area contributed by atoms with Gasteiger partial charge in [-0.2, -0.15) is 5.10 Å². The van der Waals surface area contributed by atoms with Gasteiger partial charge >= 0.3 is 6.03 Å². The van der Waals surface area contributed by atoms with E-state index in [1.807, 2.05) is 12.1 Å². The van der Waals surface area contributed by atoms with Crippen LogP contribution in [0.3, 0.4) is 0 Å². The Bertz CT molecular complexity index is 1250. The SMILES string of the molecule is COc1ccc([C@@]23CC[C@H](NC(=O)Nc4ccc(F)c(F)c4)C[C@H]2N(Cc2ccn[nH]2)CC3)cc1OC. The number of ether oxygens (including phenoxy) is 2. The van der Waals surface area contributed by atoms with Crippen molar-refractivity contribution < 1.29 is 23.0 Å². The van der Waals surface area contributed by atoms with Crippen LogP contribution in [0, 0.1) is 11.6 Å². The Kier molecular flexibility index (Phi) is 7.01. The third kappa shape index (κ3) is 4.98. The lowest BCUT2D eigenvalue weighted by atomic mass is 9.65. The van der Waals surface area contributed by atoms with Crippen molar-refractivity contribution in [2.24, 2.45) is 0 Å². The number of methoxy groups -OCH3 is 2. The third-order valence-electron chi connectivity index (χ3n) is 7.77. The lowest BCUT2D eigenvalue weighted by Crippen LogP contribution is -2.52. The van der Waals surface area contributed by atoms with E-state index in [2.05, 4.69) is 37.9 Å². The number of aromatic amines is 1. The summed E-state index contributed by atoms with van der Waals surface area (Å²) in [5.74, 6) is -0.569. The highest BCUT2D eigenvalue weighted by atomic mass is 19.2. The zero-order chi connectivity index (χ0) is 26.0. The minimum atomic E-state index is -1.00. The number of nitrogens with one attached hydrogen (secondary N) is 3. The van der Waals surface area contributed by atoms with Gasteiger partial charge in [-0.25, -0.2) is 13.6 Å². The summed E-state index contributed by atoms with van der Waals surface area (Å²) < 4.78 is 37.9. The molecule has 3 N–H and O–H groups in total. The number of anilines is 1. The van der Waals surface area contributed by atoms with Crippen LogP contribution in [0.15, 0.2) is 48.7 Å². The first-order chi connectivity index (χ1) is 17.9. The molecule has 2 aliphatic rings. The van der Waals surface area contributed by atoms with Crippen LogP contribution < -0.4 is 20.1 Å². The molecule has 8 nitrogen and oxygen atoms in total. The number of hydrogen-bond donors (Lipinski definition) is 3. The Morgan fingerprint density at radius 1 is 1.11 bits per heavy atom. The lowest BCUT2D eigenvalue weighted by molar-refractivity contribution is 0.130. The first-order valence-electron chi connectivity index (χ1n) is 12.4. The fourth-order valence-corrected chi connectivity index (χ4v) is 5.97. The van der Waals surface area contributed by atoms with Gasteiger partial charge in [-0.1, -0.05) is 6.07 Å². The molecule has 2 heterocycles. The van der Waals surface area contributed by atoms with Crippen LogP contribution in [0.25, 0.3) is 0 Å². The minimum Gasteiger partial charge on any atom is -0.493 e. The molecule has 3 atom stereocenters. The van der Waals surface area contributed by atoms with E-state index < -0.39 is 17.7 Å². The number of fused-ring (bicyclic) bond motifs is 1. The average molecular weight is 512 g/mol. The van der Waals surface area contributed by atoms with E-state index in [-0.39, 0.29) is 23.2 Å². The second kappa shape index (κ2) is 10.4. The molecule has 0 spiro atoms. The van der Waals surface area contributed by atoms with E-state index in [9.17, 15) is 13.6 Å². The van der Waals surface area contributed by atoms with Crippen LogP contribution in [-0.2, 0) is 12.0 Å². The summed E-state index contributed by atoms with van der Waals surface area (Å²) in [6.45, 7) is 1.64. The Hall–Kier alpha value is -3.66. The van der Waals surface area contributed by atoms with Crippen LogP contribution >= 0.6 is 0 Å². The van der Waals surface area contributed by atoms with Gasteiger partial charge in [-0.3, -0.25) is 10.00 Å². The van der Waals surface area contributed by atoms with Crippen molar-refractivity contribution in [3.63, 3.8) is 0 Å². The molecule has 5 rings (SSSR count). The number of likely N-dealkylation sites (tertiary alicyclic amines) is 1. The Morgan fingerprint density at radius 3 is 2.68 bits per heavy atom. The highest BCUT2D eigenvalue weighted by Crippen LogP contribution is 2.50. The van der Waals surface area contributed by atoms with Gasteiger partial charge in [-0.15, -0.1) is 0 Å². The van der Waals surface area contributed by atoms with E-state index in [4.69, 9.17) is 9.47 Å². The fraction of sp³-hybridized carbons (Fsp3) is 0.407. The molecule has 0 radical (unpaired) electrons. The van der Waals surface area contributed by atoms with Crippen molar-refractivity contribution in [3.8, 4) is 11.5 Å². The van der Waals surface area contributed by atoms with Crippen LogP contribution in [0.4, 0.5) is 19.3 Å². The van der Waals surface area contributed by atoms with Gasteiger partial charge in [0, 0.05) is 47.7 Å². The molecule has 0 bridgehead atoms. The number of nitrogens with zero attached hydrogens (tertiary/aromatic N) is 2. The predicted octanol–water partition coefficient (Wildman–Crippen LogP) is 4.59. The summed E-state index contributed by atoms with van der Waals surface area (Å²) in [6, 6.07) is 11.1. The number of H-pyrrole nitrogens is 1. The quantitative estimate of drug-likeness (QED) is 0.432. The van der Waals surface area contributed by atoms with Crippen molar-refractivity contribution in [2.75, 3.05) is 26.1 Å². The van der Waals surface area contributed by atoms with Crippen molar-refractivity contribution in [1.82, 2.24) is 20.4 Å². The van der Waals surface area contributed by atoms with E-state index in [1.54, 1.807) is 20.4 Å². The first-order valence-corrected chi connectivity index (χ1v) is 12.4. The molecular formula is C27H31F2N5O3. The van der Waals surface area contributed by atoms with Gasteiger partial charge in [0.1, 0.15) is 0 Å². The average Bonchev–Trinajstić information content (AvgIpc) is 3.55. The second-order valence-corrected chi connectivity index (χ2v) is 9.74. The third-order valence-corrected chi connectivity index (χ3v) is 7.77. The number of benzene rings is 2. The zero-order valence-corrected chi connectivity index (χ0v) is 20.9. The Morgan fingerprint density at radius 2 is 1.95 bits per heavy atom. The van der Waals surface area contributed by atoms with Crippen molar-refractivity contribution in [3.05, 3.63) is 71.6 Å². The summed E-state index contributed by atoms with van der Waals surface area (Å²) in [7, 11) is 3.27. The summed E-state index contributed by atoms with van der Waals surface area (Å²) in [5, 5.41) is 12.8. The summed E-state index contributed by atoms with van der Waals surface area (Å²) in [4.78, 5) is 15.2. The van der Waals surface area contributed by atoms with Gasteiger partial charge in [-0.05, 0) is 68.1 Å². The maximum absolute atomic E-state index is 13.6. The molecule has 1 aliphatic carbocycles. The van der Waals surface area contributed by atoms with Gasteiger partial charge in [0.05, 0.1) is 14.2 Å².